The minimum atomic E-state index is -2.97. The molecule has 0 spiro atoms. The van der Waals surface area contributed by atoms with Crippen LogP contribution in [0.25, 0.3) is 0 Å². The van der Waals surface area contributed by atoms with Crippen molar-refractivity contribution in [1.29, 1.82) is 0 Å². The van der Waals surface area contributed by atoms with Gasteiger partial charge >= 0.3 is 5.97 Å². The lowest BCUT2D eigenvalue weighted by atomic mass is 9.97. The number of carbonyl (C=O) groups excluding carboxylic acids is 2. The Hall–Kier alpha value is -2.58. The molecule has 2 aromatic rings. The Morgan fingerprint density at radius 1 is 0.976 bits per heavy atom. The maximum absolute atomic E-state index is 12.5. The van der Waals surface area contributed by atoms with Gasteiger partial charge in [-0.25, -0.2) is 0 Å². The molecule has 0 saturated carbocycles. The monoisotopic (exact) mass is 580 g/mol. The molecule has 3 rings (SSSR count). The van der Waals surface area contributed by atoms with E-state index in [2.05, 4.69) is 69.3 Å². The zero-order valence-electron chi connectivity index (χ0n) is 26.2. The number of esters is 1. The molecule has 0 amide bonds. The molecule has 224 valence electrons. The van der Waals surface area contributed by atoms with E-state index in [4.69, 9.17) is 18.6 Å². The Labute approximate surface area is 247 Å². The Bertz CT molecular complexity index is 1140. The smallest absolute Gasteiger partial charge is 0.311 e. The quantitative estimate of drug-likeness (QED) is 0.149. The Morgan fingerprint density at radius 3 is 1.98 bits per heavy atom. The molecule has 0 N–H and O–H groups in total. The lowest BCUT2D eigenvalue weighted by Crippen LogP contribution is -2.68. The zero-order valence-corrected chi connectivity index (χ0v) is 27.2. The van der Waals surface area contributed by atoms with Crippen molar-refractivity contribution in [3.63, 3.8) is 0 Å². The molecule has 0 bridgehead atoms. The number of ether oxygens (including phenoxy) is 3. The molecule has 0 aliphatic carbocycles. The average Bonchev–Trinajstić information content (AvgIpc) is 2.88. The van der Waals surface area contributed by atoms with Crippen molar-refractivity contribution in [2.45, 2.75) is 104 Å². The van der Waals surface area contributed by atoms with Crippen molar-refractivity contribution in [2.75, 3.05) is 6.61 Å². The molecule has 7 heteroatoms. The third-order valence-corrected chi connectivity index (χ3v) is 12.4. The van der Waals surface area contributed by atoms with Crippen molar-refractivity contribution >= 4 is 30.9 Å². The molecular formula is C34H48O6Si. The summed E-state index contributed by atoms with van der Waals surface area (Å²) in [6.07, 6.45) is 2.54. The van der Waals surface area contributed by atoms with Crippen LogP contribution in [-0.4, -0.2) is 51.3 Å². The van der Waals surface area contributed by atoms with Crippen LogP contribution < -0.4 is 10.4 Å². The van der Waals surface area contributed by atoms with Gasteiger partial charge in [0, 0.05) is 12.8 Å². The first-order chi connectivity index (χ1) is 19.1. The van der Waals surface area contributed by atoms with Crippen LogP contribution >= 0.6 is 0 Å². The summed E-state index contributed by atoms with van der Waals surface area (Å²) in [6, 6.07) is 20.9. The fourth-order valence-electron chi connectivity index (χ4n) is 5.44. The third kappa shape index (κ3) is 8.25. The van der Waals surface area contributed by atoms with Crippen molar-refractivity contribution in [1.82, 2.24) is 0 Å². The van der Waals surface area contributed by atoms with Gasteiger partial charge in [-0.05, 0) is 62.5 Å². The van der Waals surface area contributed by atoms with Crippen molar-refractivity contribution < 1.29 is 28.2 Å². The standard InChI is InChI=1S/C34H48O6Si/c1-25(24-37-31(36)32(2,3)4)22-30(29-23-26(20-21-35)38-34(8,9)39-29)40-41(33(5,6)7,27-16-12-10-13-17-27)28-18-14-11-15-19-28/h10-19,21-22,26,29-30H,20,23-24H2,1-9H3/b25-22+/t26-,29+,30+/m0/s1. The molecule has 1 saturated heterocycles. The highest BCUT2D eigenvalue weighted by atomic mass is 28.4. The van der Waals surface area contributed by atoms with Gasteiger partial charge in [0.15, 0.2) is 5.79 Å². The Kier molecular flexibility index (Phi) is 10.6. The maximum atomic E-state index is 12.5. The van der Waals surface area contributed by atoms with E-state index in [9.17, 15) is 9.59 Å². The Morgan fingerprint density at radius 2 is 1.51 bits per heavy atom. The number of hydrogen-bond acceptors (Lipinski definition) is 6. The number of benzene rings is 2. The summed E-state index contributed by atoms with van der Waals surface area (Å²) < 4.78 is 25.8. The second kappa shape index (κ2) is 13.2. The van der Waals surface area contributed by atoms with E-state index in [0.29, 0.717) is 6.42 Å². The summed E-state index contributed by atoms with van der Waals surface area (Å²) in [7, 11) is -2.97. The molecule has 41 heavy (non-hydrogen) atoms. The van der Waals surface area contributed by atoms with E-state index in [1.165, 1.54) is 0 Å². The molecule has 1 aliphatic heterocycles. The number of hydrogen-bond donors (Lipinski definition) is 0. The fraction of sp³-hybridized carbons (Fsp3) is 0.529. The van der Waals surface area contributed by atoms with E-state index in [1.54, 1.807) is 0 Å². The lowest BCUT2D eigenvalue weighted by Gasteiger charge is -2.48. The second-order valence-corrected chi connectivity index (χ2v) is 17.8. The molecule has 0 aromatic heterocycles. The van der Waals surface area contributed by atoms with Gasteiger partial charge in [0.2, 0.25) is 0 Å². The molecular weight excluding hydrogens is 532 g/mol. The van der Waals surface area contributed by atoms with E-state index < -0.39 is 31.7 Å². The molecule has 3 atom stereocenters. The van der Waals surface area contributed by atoms with Gasteiger partial charge in [-0.1, -0.05) is 87.5 Å². The van der Waals surface area contributed by atoms with E-state index in [-0.39, 0.29) is 30.1 Å². The summed E-state index contributed by atoms with van der Waals surface area (Å²) in [6.45, 7) is 18.1. The molecule has 0 radical (unpaired) electrons. The van der Waals surface area contributed by atoms with E-state index >= 15 is 0 Å². The van der Waals surface area contributed by atoms with Gasteiger partial charge in [-0.2, -0.15) is 0 Å². The van der Waals surface area contributed by atoms with Crippen LogP contribution in [0.1, 0.15) is 75.2 Å². The van der Waals surface area contributed by atoms with E-state index in [0.717, 1.165) is 22.2 Å². The van der Waals surface area contributed by atoms with Crippen LogP contribution in [0, 0.1) is 5.41 Å². The summed E-state index contributed by atoms with van der Waals surface area (Å²) in [5.74, 6) is -1.16. The summed E-state index contributed by atoms with van der Waals surface area (Å²) in [4.78, 5) is 24.0. The fourth-order valence-corrected chi connectivity index (χ4v) is 10.1. The highest BCUT2D eigenvalue weighted by Gasteiger charge is 2.53. The first-order valence-corrected chi connectivity index (χ1v) is 16.4. The molecule has 1 fully saturated rings. The molecule has 2 aromatic carbocycles. The second-order valence-electron chi connectivity index (χ2n) is 13.5. The largest absolute Gasteiger partial charge is 0.461 e. The third-order valence-electron chi connectivity index (χ3n) is 7.33. The first kappa shape index (κ1) is 32.9. The maximum Gasteiger partial charge on any atom is 0.311 e. The molecule has 0 unspecified atom stereocenters. The summed E-state index contributed by atoms with van der Waals surface area (Å²) in [5.41, 5.74) is 0.270. The van der Waals surface area contributed by atoms with Crippen LogP contribution in [0.4, 0.5) is 0 Å². The number of aldehydes is 1. The van der Waals surface area contributed by atoms with Gasteiger partial charge in [-0.15, -0.1) is 0 Å². The van der Waals surface area contributed by atoms with Crippen molar-refractivity contribution in [3.8, 4) is 0 Å². The van der Waals surface area contributed by atoms with Gasteiger partial charge in [0.25, 0.3) is 8.32 Å². The number of carbonyl (C=O) groups is 2. The molecule has 1 heterocycles. The van der Waals surface area contributed by atoms with Gasteiger partial charge < -0.3 is 23.4 Å². The van der Waals surface area contributed by atoms with Crippen LogP contribution in [0.5, 0.6) is 0 Å². The number of rotatable bonds is 10. The normalized spacial score (nSPS) is 20.8. The van der Waals surface area contributed by atoms with Crippen molar-refractivity contribution in [3.05, 3.63) is 72.3 Å². The average molecular weight is 581 g/mol. The summed E-state index contributed by atoms with van der Waals surface area (Å²) in [5, 5.41) is 2.06. The minimum Gasteiger partial charge on any atom is -0.461 e. The SMILES string of the molecule is C/C(=C\[C@@H](O[Si](c1ccccc1)(c1ccccc1)C(C)(C)C)[C@H]1C[C@H](CC=O)OC(C)(C)O1)COC(=O)C(C)(C)C. The van der Waals surface area contributed by atoms with Gasteiger partial charge in [0.1, 0.15) is 12.9 Å². The summed E-state index contributed by atoms with van der Waals surface area (Å²) >= 11 is 0. The molecule has 1 aliphatic rings. The van der Waals surface area contributed by atoms with Gasteiger partial charge in [-0.3, -0.25) is 4.79 Å². The van der Waals surface area contributed by atoms with Crippen LogP contribution in [0.2, 0.25) is 5.04 Å². The van der Waals surface area contributed by atoms with E-state index in [1.807, 2.05) is 59.8 Å². The van der Waals surface area contributed by atoms with Crippen LogP contribution in [-0.2, 0) is 28.2 Å². The minimum absolute atomic E-state index is 0.154. The predicted octanol–water partition coefficient (Wildman–Crippen LogP) is 5.97. The Balaban J connectivity index is 2.16. The van der Waals surface area contributed by atoms with Gasteiger partial charge in [0.05, 0.1) is 23.7 Å². The zero-order chi connectivity index (χ0) is 30.5. The van der Waals surface area contributed by atoms with Crippen LogP contribution in [0.15, 0.2) is 72.3 Å². The lowest BCUT2D eigenvalue weighted by molar-refractivity contribution is -0.307. The topological polar surface area (TPSA) is 71.1 Å². The van der Waals surface area contributed by atoms with Crippen molar-refractivity contribution in [2.24, 2.45) is 5.41 Å². The predicted molar refractivity (Wildman–Crippen MR) is 166 cm³/mol. The molecule has 6 nitrogen and oxygen atoms in total. The highest BCUT2D eigenvalue weighted by Crippen LogP contribution is 2.40. The van der Waals surface area contributed by atoms with Crippen LogP contribution in [0.3, 0.4) is 0 Å². The highest BCUT2D eigenvalue weighted by molar-refractivity contribution is 6.99. The first-order valence-electron chi connectivity index (χ1n) is 14.5.